The molecule has 4 rings (SSSR count). The van der Waals surface area contributed by atoms with Gasteiger partial charge in [-0.25, -0.2) is 13.6 Å². The summed E-state index contributed by atoms with van der Waals surface area (Å²) < 4.78 is 133. The van der Waals surface area contributed by atoms with Crippen LogP contribution in [-0.4, -0.2) is 37.4 Å². The molecular weight excluding hydrogens is 583 g/mol. The molecule has 0 aromatic heterocycles. The number of ether oxygens (including phenoxy) is 2. The van der Waals surface area contributed by atoms with Gasteiger partial charge in [-0.15, -0.1) is 0 Å². The first kappa shape index (κ1) is 30.8. The van der Waals surface area contributed by atoms with Gasteiger partial charge in [0.25, 0.3) is 0 Å². The highest BCUT2D eigenvalue weighted by Crippen LogP contribution is 2.49. The van der Waals surface area contributed by atoms with Gasteiger partial charge in [-0.2, -0.15) is 30.7 Å². The SMILES string of the molecule is COc1cc(C(Cc2ccccc2)(NC(=O)NC2(C(F)(F)F)CC2)c2cc(F)cc(OC(F)(F)C(F)F)c2)ccc1F. The van der Waals surface area contributed by atoms with Gasteiger partial charge in [-0.05, 0) is 53.8 Å². The van der Waals surface area contributed by atoms with E-state index < -0.39 is 71.6 Å². The van der Waals surface area contributed by atoms with E-state index in [-0.39, 0.29) is 17.7 Å². The maximum Gasteiger partial charge on any atom is 0.461 e. The van der Waals surface area contributed by atoms with E-state index in [1.165, 1.54) is 0 Å². The van der Waals surface area contributed by atoms with Crippen LogP contribution in [0, 0.1) is 11.6 Å². The zero-order valence-electron chi connectivity index (χ0n) is 21.7. The molecule has 0 spiro atoms. The van der Waals surface area contributed by atoms with Crippen LogP contribution in [0.2, 0.25) is 0 Å². The second-order valence-electron chi connectivity index (χ2n) is 9.72. The molecule has 1 atom stereocenters. The number of carbonyl (C=O) groups is 1. The molecule has 2 N–H and O–H groups in total. The van der Waals surface area contributed by atoms with Gasteiger partial charge < -0.3 is 20.1 Å². The third kappa shape index (κ3) is 6.36. The molecular formula is C28H23F9N2O3. The molecule has 3 aromatic rings. The van der Waals surface area contributed by atoms with Crippen LogP contribution in [0.3, 0.4) is 0 Å². The van der Waals surface area contributed by atoms with Crippen molar-refractivity contribution in [2.75, 3.05) is 7.11 Å². The summed E-state index contributed by atoms with van der Waals surface area (Å²) in [7, 11) is 1.11. The fourth-order valence-electron chi connectivity index (χ4n) is 4.50. The summed E-state index contributed by atoms with van der Waals surface area (Å²) in [5.74, 6) is -3.58. The third-order valence-electron chi connectivity index (χ3n) is 6.80. The minimum atomic E-state index is -5.04. The van der Waals surface area contributed by atoms with Crippen LogP contribution in [0.5, 0.6) is 11.5 Å². The Kier molecular flexibility index (Phi) is 8.29. The number of carbonyl (C=O) groups excluding carboxylic acids is 1. The molecule has 226 valence electrons. The first-order chi connectivity index (χ1) is 19.6. The van der Waals surface area contributed by atoms with Gasteiger partial charge in [0.15, 0.2) is 11.6 Å². The predicted octanol–water partition coefficient (Wildman–Crippen LogP) is 7.09. The van der Waals surface area contributed by atoms with Gasteiger partial charge in [0.2, 0.25) is 0 Å². The molecule has 0 saturated heterocycles. The standard InChI is InChI=1S/C28H23F9N2O3/c1-41-22-13-17(7-8-21(22)30)26(15-16-5-3-2-4-6-16,39-24(40)38-25(9-10-25)28(35,36)37)18-11-19(29)14-20(12-18)42-27(33,34)23(31)32/h2-8,11-14,23H,9-10,15H2,1H3,(H2,38,39,40). The molecule has 0 aliphatic heterocycles. The monoisotopic (exact) mass is 606 g/mol. The van der Waals surface area contributed by atoms with Crippen molar-refractivity contribution in [2.24, 2.45) is 0 Å². The van der Waals surface area contributed by atoms with Crippen LogP contribution in [0.1, 0.15) is 29.5 Å². The van der Waals surface area contributed by atoms with E-state index >= 15 is 0 Å². The molecule has 5 nitrogen and oxygen atoms in total. The minimum absolute atomic E-state index is 0.0752. The molecule has 2 amide bonds. The summed E-state index contributed by atoms with van der Waals surface area (Å²) in [4.78, 5) is 13.2. The number of methoxy groups -OCH3 is 1. The lowest BCUT2D eigenvalue weighted by atomic mass is 9.77. The Morgan fingerprint density at radius 3 is 2.17 bits per heavy atom. The maximum absolute atomic E-state index is 14.9. The van der Waals surface area contributed by atoms with Crippen LogP contribution in [0.4, 0.5) is 44.3 Å². The molecule has 0 bridgehead atoms. The van der Waals surface area contributed by atoms with Gasteiger partial charge in [0.1, 0.15) is 17.1 Å². The lowest BCUT2D eigenvalue weighted by Gasteiger charge is -2.37. The number of urea groups is 1. The van der Waals surface area contributed by atoms with Gasteiger partial charge >= 0.3 is 24.7 Å². The summed E-state index contributed by atoms with van der Waals surface area (Å²) in [5.41, 5.74) is -4.72. The lowest BCUT2D eigenvalue weighted by Crippen LogP contribution is -2.57. The van der Waals surface area contributed by atoms with E-state index in [1.54, 1.807) is 30.3 Å². The smallest absolute Gasteiger partial charge is 0.461 e. The molecule has 1 aliphatic rings. The first-order valence-electron chi connectivity index (χ1n) is 12.3. The Bertz CT molecular complexity index is 1430. The number of nitrogens with one attached hydrogen (secondary N) is 2. The normalized spacial score (nSPS) is 16.0. The summed E-state index contributed by atoms with van der Waals surface area (Å²) in [6, 6.07) is 11.5. The number of benzene rings is 3. The fraction of sp³-hybridized carbons (Fsp3) is 0.321. The zero-order chi connectivity index (χ0) is 30.9. The molecule has 3 aromatic carbocycles. The molecule has 1 saturated carbocycles. The highest BCUT2D eigenvalue weighted by molar-refractivity contribution is 5.78. The van der Waals surface area contributed by atoms with E-state index in [4.69, 9.17) is 4.74 Å². The van der Waals surface area contributed by atoms with Crippen molar-refractivity contribution < 1.29 is 53.8 Å². The first-order valence-corrected chi connectivity index (χ1v) is 12.3. The highest BCUT2D eigenvalue weighted by atomic mass is 19.4. The van der Waals surface area contributed by atoms with Crippen molar-refractivity contribution in [3.63, 3.8) is 0 Å². The topological polar surface area (TPSA) is 59.6 Å². The van der Waals surface area contributed by atoms with Gasteiger partial charge in [0, 0.05) is 12.5 Å². The van der Waals surface area contributed by atoms with E-state index in [0.29, 0.717) is 11.6 Å². The van der Waals surface area contributed by atoms with Crippen LogP contribution in [0.15, 0.2) is 66.7 Å². The van der Waals surface area contributed by atoms with Crippen LogP contribution in [0.25, 0.3) is 0 Å². The number of hydrogen-bond acceptors (Lipinski definition) is 3. The van der Waals surface area contributed by atoms with Gasteiger partial charge in [-0.3, -0.25) is 0 Å². The van der Waals surface area contributed by atoms with Crippen molar-refractivity contribution in [1.82, 2.24) is 10.6 Å². The number of hydrogen-bond donors (Lipinski definition) is 2. The summed E-state index contributed by atoms with van der Waals surface area (Å²) in [6.45, 7) is 0. The predicted molar refractivity (Wildman–Crippen MR) is 132 cm³/mol. The fourth-order valence-corrected chi connectivity index (χ4v) is 4.50. The summed E-state index contributed by atoms with van der Waals surface area (Å²) in [6.07, 6.45) is -15.3. The number of alkyl halides is 7. The minimum Gasteiger partial charge on any atom is -0.494 e. The Morgan fingerprint density at radius 1 is 0.929 bits per heavy atom. The Balaban J connectivity index is 1.93. The number of amides is 2. The zero-order valence-corrected chi connectivity index (χ0v) is 21.7. The van der Waals surface area contributed by atoms with E-state index in [9.17, 15) is 44.3 Å². The molecule has 14 heteroatoms. The summed E-state index contributed by atoms with van der Waals surface area (Å²) in [5, 5.41) is 4.29. The second kappa shape index (κ2) is 11.3. The molecule has 1 aliphatic carbocycles. The lowest BCUT2D eigenvalue weighted by molar-refractivity contribution is -0.253. The Morgan fingerprint density at radius 2 is 1.60 bits per heavy atom. The van der Waals surface area contributed by atoms with Crippen molar-refractivity contribution in [1.29, 1.82) is 0 Å². The van der Waals surface area contributed by atoms with Crippen LogP contribution in [-0.2, 0) is 12.0 Å². The number of rotatable bonds is 10. The van der Waals surface area contributed by atoms with Gasteiger partial charge in [0.05, 0.1) is 12.6 Å². The quantitative estimate of drug-likeness (QED) is 0.243. The highest BCUT2D eigenvalue weighted by Gasteiger charge is 2.64. The molecule has 1 unspecified atom stereocenters. The average Bonchev–Trinajstić information content (AvgIpc) is 3.69. The Hall–Kier alpha value is -4.10. The van der Waals surface area contributed by atoms with Crippen molar-refractivity contribution in [2.45, 2.75) is 49.1 Å². The third-order valence-corrected chi connectivity index (χ3v) is 6.80. The largest absolute Gasteiger partial charge is 0.494 e. The Labute approximate surface area is 233 Å². The van der Waals surface area contributed by atoms with E-state index in [0.717, 1.165) is 37.4 Å². The van der Waals surface area contributed by atoms with Crippen molar-refractivity contribution in [3.05, 3.63) is 95.1 Å². The van der Waals surface area contributed by atoms with E-state index in [1.807, 2.05) is 5.32 Å². The van der Waals surface area contributed by atoms with Gasteiger partial charge in [-0.1, -0.05) is 36.4 Å². The van der Waals surface area contributed by atoms with Crippen molar-refractivity contribution in [3.8, 4) is 11.5 Å². The molecule has 0 heterocycles. The molecule has 1 fully saturated rings. The number of halogens is 9. The van der Waals surface area contributed by atoms with Crippen molar-refractivity contribution >= 4 is 6.03 Å². The second-order valence-corrected chi connectivity index (χ2v) is 9.72. The van der Waals surface area contributed by atoms with Crippen LogP contribution >= 0.6 is 0 Å². The molecule has 0 radical (unpaired) electrons. The van der Waals surface area contributed by atoms with Crippen LogP contribution < -0.4 is 20.1 Å². The summed E-state index contributed by atoms with van der Waals surface area (Å²) >= 11 is 0. The average molecular weight is 606 g/mol. The molecule has 42 heavy (non-hydrogen) atoms. The van der Waals surface area contributed by atoms with E-state index in [2.05, 4.69) is 10.1 Å². The maximum atomic E-state index is 14.9.